The Hall–Kier alpha value is -1.32. The van der Waals surface area contributed by atoms with Gasteiger partial charge in [-0.05, 0) is 24.8 Å². The fourth-order valence-electron chi connectivity index (χ4n) is 2.22. The van der Waals surface area contributed by atoms with Gasteiger partial charge in [0.2, 0.25) is 0 Å². The second-order valence-corrected chi connectivity index (χ2v) is 4.05. The third kappa shape index (κ3) is 1.96. The molecule has 0 heterocycles. The fraction of sp³-hybridized carbons (Fsp3) is 0.667. The number of esters is 2. The van der Waals surface area contributed by atoms with Crippen molar-refractivity contribution in [2.45, 2.75) is 32.1 Å². The number of carbonyl (C=O) groups is 2. The van der Waals surface area contributed by atoms with E-state index >= 15 is 0 Å². The van der Waals surface area contributed by atoms with Crippen LogP contribution in [0.5, 0.6) is 0 Å². The molecule has 4 nitrogen and oxygen atoms in total. The summed E-state index contributed by atoms with van der Waals surface area (Å²) < 4.78 is 9.48. The molecule has 0 aromatic heterocycles. The van der Waals surface area contributed by atoms with Crippen LogP contribution in [0.4, 0.5) is 0 Å². The van der Waals surface area contributed by atoms with Crippen LogP contribution in [0.1, 0.15) is 32.1 Å². The molecule has 0 N–H and O–H groups in total. The van der Waals surface area contributed by atoms with Gasteiger partial charge in [0, 0.05) is 0 Å². The van der Waals surface area contributed by atoms with E-state index in [4.69, 9.17) is 9.47 Å². The molecular formula is C12H18O4. The van der Waals surface area contributed by atoms with Crippen molar-refractivity contribution in [3.05, 3.63) is 12.2 Å². The number of hydrogen-bond acceptors (Lipinski definition) is 4. The van der Waals surface area contributed by atoms with Gasteiger partial charge in [0.15, 0.2) is 5.41 Å². The summed E-state index contributed by atoms with van der Waals surface area (Å²) in [6, 6.07) is 0. The van der Waals surface area contributed by atoms with Crippen LogP contribution in [-0.2, 0) is 19.1 Å². The molecule has 0 aliphatic heterocycles. The van der Waals surface area contributed by atoms with Crippen LogP contribution < -0.4 is 0 Å². The Morgan fingerprint density at radius 3 is 2.19 bits per heavy atom. The van der Waals surface area contributed by atoms with Gasteiger partial charge in [-0.25, -0.2) is 0 Å². The molecule has 0 saturated heterocycles. The lowest BCUT2D eigenvalue weighted by Crippen LogP contribution is -2.42. The molecule has 1 aliphatic rings. The Labute approximate surface area is 95.6 Å². The van der Waals surface area contributed by atoms with Crippen LogP contribution in [0.3, 0.4) is 0 Å². The first kappa shape index (κ1) is 12.7. The second kappa shape index (κ2) is 5.14. The third-order valence-corrected chi connectivity index (χ3v) is 3.20. The summed E-state index contributed by atoms with van der Waals surface area (Å²) in [7, 11) is 2.57. The van der Waals surface area contributed by atoms with Crippen LogP contribution in [0.25, 0.3) is 0 Å². The van der Waals surface area contributed by atoms with Crippen molar-refractivity contribution >= 4 is 11.9 Å². The van der Waals surface area contributed by atoms with Crippen molar-refractivity contribution in [3.8, 4) is 0 Å². The minimum atomic E-state index is -1.28. The molecule has 0 atom stereocenters. The molecular weight excluding hydrogens is 208 g/mol. The molecule has 0 amide bonds. The highest BCUT2D eigenvalue weighted by Crippen LogP contribution is 2.40. The molecule has 0 aromatic rings. The normalized spacial score (nSPS) is 19.8. The zero-order valence-corrected chi connectivity index (χ0v) is 9.88. The van der Waals surface area contributed by atoms with E-state index in [0.29, 0.717) is 18.4 Å². The lowest BCUT2D eigenvalue weighted by molar-refractivity contribution is -0.166. The molecule has 0 unspecified atom stereocenters. The molecule has 4 heteroatoms. The van der Waals surface area contributed by atoms with Crippen LogP contribution >= 0.6 is 0 Å². The quantitative estimate of drug-likeness (QED) is 0.312. The maximum absolute atomic E-state index is 11.9. The zero-order valence-electron chi connectivity index (χ0n) is 9.88. The summed E-state index contributed by atoms with van der Waals surface area (Å²) in [4.78, 5) is 23.7. The molecule has 0 radical (unpaired) electrons. The van der Waals surface area contributed by atoms with E-state index in [0.717, 1.165) is 19.3 Å². The van der Waals surface area contributed by atoms with E-state index in [1.165, 1.54) is 14.2 Å². The number of ether oxygens (including phenoxy) is 2. The van der Waals surface area contributed by atoms with E-state index in [-0.39, 0.29) is 0 Å². The molecule has 1 saturated carbocycles. The summed E-state index contributed by atoms with van der Waals surface area (Å²) in [6.07, 6.45) is 3.86. The lowest BCUT2D eigenvalue weighted by atomic mass is 9.77. The molecule has 0 bridgehead atoms. The van der Waals surface area contributed by atoms with Gasteiger partial charge in [-0.15, -0.1) is 0 Å². The van der Waals surface area contributed by atoms with Gasteiger partial charge < -0.3 is 9.47 Å². The van der Waals surface area contributed by atoms with E-state index in [2.05, 4.69) is 6.58 Å². The zero-order chi connectivity index (χ0) is 12.2. The third-order valence-electron chi connectivity index (χ3n) is 3.20. The first-order valence-corrected chi connectivity index (χ1v) is 5.44. The van der Waals surface area contributed by atoms with Crippen molar-refractivity contribution in [3.63, 3.8) is 0 Å². The van der Waals surface area contributed by atoms with E-state index in [1.807, 2.05) is 0 Å². The minimum Gasteiger partial charge on any atom is -0.468 e. The molecule has 1 fully saturated rings. The van der Waals surface area contributed by atoms with Crippen molar-refractivity contribution in [1.82, 2.24) is 0 Å². The number of carbonyl (C=O) groups excluding carboxylic acids is 2. The summed E-state index contributed by atoms with van der Waals surface area (Å²) in [5.41, 5.74) is -0.663. The van der Waals surface area contributed by atoms with Gasteiger partial charge in [0.25, 0.3) is 0 Å². The largest absolute Gasteiger partial charge is 0.468 e. The Morgan fingerprint density at radius 1 is 1.12 bits per heavy atom. The van der Waals surface area contributed by atoms with E-state index in [9.17, 15) is 9.59 Å². The topological polar surface area (TPSA) is 52.6 Å². The smallest absolute Gasteiger partial charge is 0.327 e. The molecule has 1 rings (SSSR count). The van der Waals surface area contributed by atoms with E-state index < -0.39 is 17.4 Å². The average molecular weight is 226 g/mol. The van der Waals surface area contributed by atoms with E-state index in [1.54, 1.807) is 0 Å². The number of methoxy groups -OCH3 is 2. The first-order valence-electron chi connectivity index (χ1n) is 5.44. The van der Waals surface area contributed by atoms with Crippen LogP contribution in [0.2, 0.25) is 0 Å². The molecule has 90 valence electrons. The minimum absolute atomic E-state index is 0.436. The molecule has 1 aliphatic carbocycles. The SMILES string of the molecule is C=C1CCCCCC1(C(=O)OC)C(=O)OC. The van der Waals surface area contributed by atoms with Crippen LogP contribution in [0.15, 0.2) is 12.2 Å². The summed E-state index contributed by atoms with van der Waals surface area (Å²) in [5.74, 6) is -1.10. The van der Waals surface area contributed by atoms with Crippen molar-refractivity contribution < 1.29 is 19.1 Å². The van der Waals surface area contributed by atoms with Gasteiger partial charge in [-0.2, -0.15) is 0 Å². The van der Waals surface area contributed by atoms with Gasteiger partial charge in [0.1, 0.15) is 0 Å². The maximum Gasteiger partial charge on any atom is 0.327 e. The standard InChI is InChI=1S/C12H18O4/c1-9-7-5-4-6-8-12(9,10(13)15-2)11(14)16-3/h1,4-8H2,2-3H3. The predicted molar refractivity (Wildman–Crippen MR) is 58.7 cm³/mol. The molecule has 16 heavy (non-hydrogen) atoms. The second-order valence-electron chi connectivity index (χ2n) is 4.05. The highest BCUT2D eigenvalue weighted by Gasteiger charge is 2.50. The maximum atomic E-state index is 11.9. The average Bonchev–Trinajstić information content (AvgIpc) is 2.50. The monoisotopic (exact) mass is 226 g/mol. The Morgan fingerprint density at radius 2 is 1.69 bits per heavy atom. The highest BCUT2D eigenvalue weighted by molar-refractivity contribution is 6.03. The van der Waals surface area contributed by atoms with Crippen molar-refractivity contribution in [2.75, 3.05) is 14.2 Å². The molecule has 0 aromatic carbocycles. The Kier molecular flexibility index (Phi) is 4.10. The fourth-order valence-corrected chi connectivity index (χ4v) is 2.22. The summed E-state index contributed by atoms with van der Waals surface area (Å²) in [6.45, 7) is 3.86. The highest BCUT2D eigenvalue weighted by atomic mass is 16.5. The summed E-state index contributed by atoms with van der Waals surface area (Å²) >= 11 is 0. The molecule has 0 spiro atoms. The van der Waals surface area contributed by atoms with Crippen molar-refractivity contribution in [2.24, 2.45) is 5.41 Å². The number of rotatable bonds is 2. The summed E-state index contributed by atoms with van der Waals surface area (Å²) in [5, 5.41) is 0. The lowest BCUT2D eigenvalue weighted by Gasteiger charge is -2.28. The van der Waals surface area contributed by atoms with Gasteiger partial charge >= 0.3 is 11.9 Å². The van der Waals surface area contributed by atoms with Gasteiger partial charge in [-0.1, -0.05) is 19.4 Å². The van der Waals surface area contributed by atoms with Crippen LogP contribution in [0, 0.1) is 5.41 Å². The number of hydrogen-bond donors (Lipinski definition) is 0. The predicted octanol–water partition coefficient (Wildman–Crippen LogP) is 1.84. The Bertz CT molecular complexity index is 290. The van der Waals surface area contributed by atoms with Gasteiger partial charge in [0.05, 0.1) is 14.2 Å². The Balaban J connectivity index is 3.13. The van der Waals surface area contributed by atoms with Gasteiger partial charge in [-0.3, -0.25) is 9.59 Å². The first-order chi connectivity index (χ1) is 7.59. The van der Waals surface area contributed by atoms with Crippen LogP contribution in [-0.4, -0.2) is 26.2 Å². The van der Waals surface area contributed by atoms with Crippen molar-refractivity contribution in [1.29, 1.82) is 0 Å².